The second-order valence-electron chi connectivity index (χ2n) is 7.59. The maximum Gasteiger partial charge on any atom is 0.434 e. The molecule has 4 heterocycles. The normalized spacial score (nSPS) is 11.4. The van der Waals surface area contributed by atoms with Gasteiger partial charge in [-0.2, -0.15) is 33.7 Å². The first kappa shape index (κ1) is 22.7. The van der Waals surface area contributed by atoms with Crippen molar-refractivity contribution in [1.29, 1.82) is 5.26 Å². The van der Waals surface area contributed by atoms with Crippen LogP contribution in [0.3, 0.4) is 0 Å². The molecular formula is C22H13BF3N9O. The van der Waals surface area contributed by atoms with E-state index in [1.807, 2.05) is 6.07 Å². The van der Waals surface area contributed by atoms with Crippen molar-refractivity contribution in [1.82, 2.24) is 34.7 Å². The van der Waals surface area contributed by atoms with Crippen LogP contribution in [0.4, 0.5) is 18.9 Å². The van der Waals surface area contributed by atoms with Crippen LogP contribution in [0.5, 0.6) is 0 Å². The standard InChI is InChI=1S/C22H13BF3N9O/c23-18-5-4-14-16(33-18)2-1-3-17(14)34-19(22(24,25)26)15(11-31-34)21(36)32-13-8-12(9-27)20(28-10-13)35-29-6-7-30-35/h1-8,10-11H,23H2,(H,32,36). The Morgan fingerprint density at radius 2 is 1.86 bits per heavy atom. The predicted octanol–water partition coefficient (Wildman–Crippen LogP) is 1.80. The molecule has 10 nitrogen and oxygen atoms in total. The second kappa shape index (κ2) is 8.62. The van der Waals surface area contributed by atoms with E-state index in [4.69, 9.17) is 0 Å². The van der Waals surface area contributed by atoms with E-state index in [9.17, 15) is 23.2 Å². The van der Waals surface area contributed by atoms with Gasteiger partial charge in [0.15, 0.2) is 19.4 Å². The van der Waals surface area contributed by atoms with Gasteiger partial charge in [-0.3, -0.25) is 9.78 Å². The van der Waals surface area contributed by atoms with Gasteiger partial charge in [0.05, 0.1) is 47.2 Å². The van der Waals surface area contributed by atoms with E-state index in [0.29, 0.717) is 21.2 Å². The Morgan fingerprint density at radius 1 is 1.08 bits per heavy atom. The molecular weight excluding hydrogens is 474 g/mol. The molecule has 0 radical (unpaired) electrons. The number of fused-ring (bicyclic) bond motifs is 1. The number of carbonyl (C=O) groups excluding carboxylic acids is 1. The third kappa shape index (κ3) is 4.02. The lowest BCUT2D eigenvalue weighted by Gasteiger charge is -2.14. The number of alkyl halides is 3. The van der Waals surface area contributed by atoms with Crippen LogP contribution in [0.25, 0.3) is 22.4 Å². The number of halogens is 3. The first-order chi connectivity index (χ1) is 17.3. The van der Waals surface area contributed by atoms with Crippen molar-refractivity contribution in [2.45, 2.75) is 6.18 Å². The Bertz CT molecular complexity index is 1660. The quantitative estimate of drug-likeness (QED) is 0.383. The maximum absolute atomic E-state index is 14.2. The average Bonchev–Trinajstić information content (AvgIpc) is 3.54. The first-order valence-corrected chi connectivity index (χ1v) is 10.4. The number of pyridine rings is 2. The number of aromatic nitrogens is 7. The predicted molar refractivity (Wildman–Crippen MR) is 124 cm³/mol. The lowest BCUT2D eigenvalue weighted by atomic mass is 10.0. The number of carbonyl (C=O) groups is 1. The molecule has 5 rings (SSSR count). The Labute approximate surface area is 201 Å². The summed E-state index contributed by atoms with van der Waals surface area (Å²) in [5.41, 5.74) is -0.613. The van der Waals surface area contributed by atoms with E-state index in [0.717, 1.165) is 11.0 Å². The van der Waals surface area contributed by atoms with Gasteiger partial charge < -0.3 is 5.32 Å². The summed E-state index contributed by atoms with van der Waals surface area (Å²) in [5, 5.41) is 23.9. The highest BCUT2D eigenvalue weighted by atomic mass is 19.4. The van der Waals surface area contributed by atoms with Gasteiger partial charge in [0, 0.05) is 5.39 Å². The lowest BCUT2D eigenvalue weighted by Crippen LogP contribution is -2.21. The van der Waals surface area contributed by atoms with Crippen molar-refractivity contribution in [3.63, 3.8) is 0 Å². The summed E-state index contributed by atoms with van der Waals surface area (Å²) in [6, 6.07) is 11.2. The zero-order valence-electron chi connectivity index (χ0n) is 18.4. The highest BCUT2D eigenvalue weighted by Gasteiger charge is 2.41. The molecule has 36 heavy (non-hydrogen) atoms. The molecule has 14 heteroatoms. The number of nitrogens with one attached hydrogen (secondary N) is 1. The molecule has 0 saturated carbocycles. The minimum absolute atomic E-state index is 0.00860. The fraction of sp³-hybridized carbons (Fsp3) is 0.0455. The highest BCUT2D eigenvalue weighted by Crippen LogP contribution is 2.35. The minimum Gasteiger partial charge on any atom is -0.320 e. The number of hydrogen-bond acceptors (Lipinski definition) is 7. The van der Waals surface area contributed by atoms with Gasteiger partial charge >= 0.3 is 6.18 Å². The maximum atomic E-state index is 14.2. The van der Waals surface area contributed by atoms with Gasteiger partial charge in [-0.25, -0.2) is 9.67 Å². The van der Waals surface area contributed by atoms with E-state index in [2.05, 4.69) is 30.6 Å². The fourth-order valence-electron chi connectivity index (χ4n) is 3.69. The van der Waals surface area contributed by atoms with Crippen LogP contribution in [0.2, 0.25) is 0 Å². The number of benzene rings is 1. The van der Waals surface area contributed by atoms with E-state index in [-0.39, 0.29) is 22.8 Å². The molecule has 0 saturated heterocycles. The third-order valence-electron chi connectivity index (χ3n) is 5.21. The molecule has 0 aliphatic carbocycles. The third-order valence-corrected chi connectivity index (χ3v) is 5.21. The average molecular weight is 487 g/mol. The summed E-state index contributed by atoms with van der Waals surface area (Å²) in [4.78, 5) is 22.4. The molecule has 1 N–H and O–H groups in total. The number of nitrogens with zero attached hydrogens (tertiary/aromatic N) is 8. The number of hydrogen-bond donors (Lipinski definition) is 1. The molecule has 1 aromatic carbocycles. The first-order valence-electron chi connectivity index (χ1n) is 10.4. The van der Waals surface area contributed by atoms with Crippen LogP contribution >= 0.6 is 0 Å². The summed E-state index contributed by atoms with van der Waals surface area (Å²) in [6.07, 6.45) is -0.0910. The molecule has 0 aliphatic heterocycles. The highest BCUT2D eigenvalue weighted by molar-refractivity contribution is 6.31. The van der Waals surface area contributed by atoms with Crippen LogP contribution < -0.4 is 10.9 Å². The van der Waals surface area contributed by atoms with Gasteiger partial charge in [0.1, 0.15) is 11.6 Å². The zero-order chi connectivity index (χ0) is 25.4. The van der Waals surface area contributed by atoms with Crippen LogP contribution in [0, 0.1) is 11.3 Å². The van der Waals surface area contributed by atoms with E-state index < -0.39 is 23.3 Å². The Morgan fingerprint density at radius 3 is 2.58 bits per heavy atom. The summed E-state index contributed by atoms with van der Waals surface area (Å²) < 4.78 is 43.3. The molecule has 0 aliphatic rings. The number of amides is 1. The molecule has 0 fully saturated rings. The molecule has 176 valence electrons. The van der Waals surface area contributed by atoms with Crippen LogP contribution in [0.15, 0.2) is 61.2 Å². The van der Waals surface area contributed by atoms with Crippen LogP contribution in [-0.4, -0.2) is 48.5 Å². The van der Waals surface area contributed by atoms with E-state index in [1.165, 1.54) is 30.7 Å². The summed E-state index contributed by atoms with van der Waals surface area (Å²) in [6.45, 7) is 0. The van der Waals surface area contributed by atoms with Crippen molar-refractivity contribution in [3.05, 3.63) is 78.0 Å². The summed E-state index contributed by atoms with van der Waals surface area (Å²) in [5.74, 6) is -0.970. The molecule has 0 unspecified atom stereocenters. The lowest BCUT2D eigenvalue weighted by molar-refractivity contribution is -0.143. The van der Waals surface area contributed by atoms with E-state index >= 15 is 0 Å². The van der Waals surface area contributed by atoms with Gasteiger partial charge in [-0.1, -0.05) is 12.1 Å². The van der Waals surface area contributed by atoms with Crippen molar-refractivity contribution in [2.75, 3.05) is 5.32 Å². The van der Waals surface area contributed by atoms with Crippen LogP contribution in [-0.2, 0) is 6.18 Å². The molecule has 0 spiro atoms. The van der Waals surface area contributed by atoms with Crippen molar-refractivity contribution in [2.24, 2.45) is 0 Å². The number of anilines is 1. The Hall–Kier alpha value is -5.06. The zero-order valence-corrected chi connectivity index (χ0v) is 18.4. The van der Waals surface area contributed by atoms with Crippen molar-refractivity contribution >= 4 is 35.9 Å². The summed E-state index contributed by atoms with van der Waals surface area (Å²) in [7, 11) is 1.77. The van der Waals surface area contributed by atoms with Gasteiger partial charge in [-0.05, 0) is 29.9 Å². The van der Waals surface area contributed by atoms with Gasteiger partial charge in [0.2, 0.25) is 0 Å². The second-order valence-corrected chi connectivity index (χ2v) is 7.59. The molecule has 0 bridgehead atoms. The van der Waals surface area contributed by atoms with Crippen molar-refractivity contribution in [3.8, 4) is 17.6 Å². The van der Waals surface area contributed by atoms with E-state index in [1.54, 1.807) is 32.1 Å². The SMILES string of the molecule is Bc1ccc2c(-n3ncc(C(=O)Nc4cnc(-n5nccn5)c(C#N)c4)c3C(F)(F)F)cccc2n1. The molecule has 1 amide bonds. The largest absolute Gasteiger partial charge is 0.434 e. The minimum atomic E-state index is -4.91. The summed E-state index contributed by atoms with van der Waals surface area (Å²) >= 11 is 0. The topological polar surface area (TPSA) is 127 Å². The monoisotopic (exact) mass is 487 g/mol. The fourth-order valence-corrected chi connectivity index (χ4v) is 3.69. The van der Waals surface area contributed by atoms with Crippen molar-refractivity contribution < 1.29 is 18.0 Å². The molecule has 0 atom stereocenters. The molecule has 5 aromatic rings. The number of rotatable bonds is 4. The molecule has 4 aromatic heterocycles. The number of nitriles is 1. The Kier molecular flexibility index (Phi) is 5.44. The van der Waals surface area contributed by atoms with Gasteiger partial charge in [-0.15, -0.1) is 4.80 Å². The van der Waals surface area contributed by atoms with Gasteiger partial charge in [0.25, 0.3) is 5.91 Å². The Balaban J connectivity index is 1.55. The van der Waals surface area contributed by atoms with Crippen LogP contribution in [0.1, 0.15) is 21.6 Å². The smallest absolute Gasteiger partial charge is 0.320 e.